The van der Waals surface area contributed by atoms with E-state index < -0.39 is 0 Å². The molecular formula is C13H14O3. The molecule has 0 radical (unpaired) electrons. The molecule has 0 saturated heterocycles. The largest absolute Gasteiger partial charge is 0.508 e. The van der Waals surface area contributed by atoms with Crippen LogP contribution in [0.25, 0.3) is 10.8 Å². The molecule has 0 aliphatic rings. The molecule has 2 rings (SSSR count). The average Bonchev–Trinajstić information content (AvgIpc) is 2.15. The Labute approximate surface area is 93.9 Å². The number of aromatic hydroxyl groups is 2. The predicted octanol–water partition coefficient (Wildman–Crippen LogP) is 3.04. The number of rotatable bonds is 2. The van der Waals surface area contributed by atoms with Gasteiger partial charge in [0.05, 0.1) is 6.10 Å². The first-order valence-electron chi connectivity index (χ1n) is 5.18. The zero-order valence-corrected chi connectivity index (χ0v) is 9.27. The minimum absolute atomic E-state index is 0.0406. The molecule has 0 atom stereocenters. The highest BCUT2D eigenvalue weighted by Gasteiger charge is 2.07. The van der Waals surface area contributed by atoms with Gasteiger partial charge in [-0.2, -0.15) is 0 Å². The topological polar surface area (TPSA) is 49.7 Å². The van der Waals surface area contributed by atoms with Crippen molar-refractivity contribution in [3.05, 3.63) is 30.3 Å². The maximum Gasteiger partial charge on any atom is 0.131 e. The Kier molecular flexibility index (Phi) is 2.60. The number of hydrogen-bond acceptors (Lipinski definition) is 3. The molecule has 0 unspecified atom stereocenters. The minimum atomic E-state index is 0.0406. The van der Waals surface area contributed by atoms with E-state index in [-0.39, 0.29) is 17.6 Å². The lowest BCUT2D eigenvalue weighted by molar-refractivity contribution is 0.244. The summed E-state index contributed by atoms with van der Waals surface area (Å²) in [6, 6.07) is 8.16. The van der Waals surface area contributed by atoms with Crippen LogP contribution in [0.15, 0.2) is 30.3 Å². The fourth-order valence-electron chi connectivity index (χ4n) is 1.66. The minimum Gasteiger partial charge on any atom is -0.508 e. The number of ether oxygens (including phenoxy) is 1. The van der Waals surface area contributed by atoms with Crippen LogP contribution < -0.4 is 4.74 Å². The Hall–Kier alpha value is -1.90. The first-order valence-corrected chi connectivity index (χ1v) is 5.18. The normalized spacial score (nSPS) is 10.9. The third-order valence-electron chi connectivity index (χ3n) is 2.25. The second kappa shape index (κ2) is 3.93. The molecule has 0 heterocycles. The predicted molar refractivity (Wildman–Crippen MR) is 63.0 cm³/mol. The van der Waals surface area contributed by atoms with Crippen molar-refractivity contribution >= 4 is 10.8 Å². The van der Waals surface area contributed by atoms with E-state index in [1.54, 1.807) is 30.3 Å². The highest BCUT2D eigenvalue weighted by molar-refractivity contribution is 5.90. The first-order chi connectivity index (χ1) is 7.56. The molecule has 2 N–H and O–H groups in total. The number of fused-ring (bicyclic) bond motifs is 1. The van der Waals surface area contributed by atoms with Crippen LogP contribution in [0.1, 0.15) is 13.8 Å². The van der Waals surface area contributed by atoms with Gasteiger partial charge in [0.2, 0.25) is 0 Å². The van der Waals surface area contributed by atoms with E-state index in [1.807, 2.05) is 13.8 Å². The molecule has 2 aromatic rings. The van der Waals surface area contributed by atoms with Gasteiger partial charge in [0.25, 0.3) is 0 Å². The van der Waals surface area contributed by atoms with Crippen molar-refractivity contribution in [2.24, 2.45) is 0 Å². The summed E-state index contributed by atoms with van der Waals surface area (Å²) in [6.07, 6.45) is 0.0406. The van der Waals surface area contributed by atoms with Gasteiger partial charge in [-0.05, 0) is 43.5 Å². The Balaban J connectivity index is 2.63. The van der Waals surface area contributed by atoms with Crippen LogP contribution in [0, 0.1) is 0 Å². The van der Waals surface area contributed by atoms with E-state index in [0.717, 1.165) is 10.8 Å². The molecule has 3 nitrogen and oxygen atoms in total. The molecular weight excluding hydrogens is 204 g/mol. The first kappa shape index (κ1) is 10.6. The second-order valence-electron chi connectivity index (χ2n) is 4.02. The van der Waals surface area contributed by atoms with Crippen molar-refractivity contribution < 1.29 is 14.9 Å². The summed E-state index contributed by atoms with van der Waals surface area (Å²) in [4.78, 5) is 0. The monoisotopic (exact) mass is 218 g/mol. The van der Waals surface area contributed by atoms with Crippen molar-refractivity contribution in [3.8, 4) is 17.2 Å². The molecule has 84 valence electrons. The summed E-state index contributed by atoms with van der Waals surface area (Å²) >= 11 is 0. The van der Waals surface area contributed by atoms with Gasteiger partial charge in [0.1, 0.15) is 17.2 Å². The Morgan fingerprint density at radius 3 is 2.38 bits per heavy atom. The summed E-state index contributed by atoms with van der Waals surface area (Å²) in [7, 11) is 0. The maximum absolute atomic E-state index is 9.55. The van der Waals surface area contributed by atoms with E-state index in [4.69, 9.17) is 4.74 Å². The number of benzene rings is 2. The molecule has 0 bridgehead atoms. The van der Waals surface area contributed by atoms with E-state index in [0.29, 0.717) is 5.75 Å². The Morgan fingerprint density at radius 1 is 1.00 bits per heavy atom. The number of phenolic OH excluding ortho intramolecular Hbond substituents is 2. The van der Waals surface area contributed by atoms with Gasteiger partial charge >= 0.3 is 0 Å². The lowest BCUT2D eigenvalue weighted by Gasteiger charge is -2.13. The van der Waals surface area contributed by atoms with Gasteiger partial charge in [0, 0.05) is 11.5 Å². The molecule has 0 spiro atoms. The summed E-state index contributed by atoms with van der Waals surface area (Å²) in [5.74, 6) is 0.937. The van der Waals surface area contributed by atoms with Crippen molar-refractivity contribution in [2.75, 3.05) is 0 Å². The molecule has 2 aromatic carbocycles. The lowest BCUT2D eigenvalue weighted by Crippen LogP contribution is -2.05. The second-order valence-corrected chi connectivity index (χ2v) is 4.02. The summed E-state index contributed by atoms with van der Waals surface area (Å²) in [5.41, 5.74) is 0. The fourth-order valence-corrected chi connectivity index (χ4v) is 1.66. The molecule has 0 saturated carbocycles. The van der Waals surface area contributed by atoms with E-state index in [9.17, 15) is 10.2 Å². The van der Waals surface area contributed by atoms with Crippen molar-refractivity contribution in [2.45, 2.75) is 20.0 Å². The fraction of sp³-hybridized carbons (Fsp3) is 0.231. The van der Waals surface area contributed by atoms with Gasteiger partial charge in [-0.1, -0.05) is 0 Å². The van der Waals surface area contributed by atoms with Crippen molar-refractivity contribution in [3.63, 3.8) is 0 Å². The third-order valence-corrected chi connectivity index (χ3v) is 2.25. The average molecular weight is 218 g/mol. The molecule has 0 amide bonds. The quantitative estimate of drug-likeness (QED) is 0.814. The van der Waals surface area contributed by atoms with E-state index in [2.05, 4.69) is 0 Å². The van der Waals surface area contributed by atoms with Gasteiger partial charge in [-0.3, -0.25) is 0 Å². The molecule has 3 heteroatoms. The van der Waals surface area contributed by atoms with Crippen LogP contribution in [0.5, 0.6) is 17.2 Å². The van der Waals surface area contributed by atoms with Crippen LogP contribution in [0.3, 0.4) is 0 Å². The SMILES string of the molecule is CC(C)Oc1cc(O)cc2cc(O)ccc12. The van der Waals surface area contributed by atoms with Gasteiger partial charge < -0.3 is 14.9 Å². The van der Waals surface area contributed by atoms with Gasteiger partial charge in [0.15, 0.2) is 0 Å². The molecule has 0 aliphatic carbocycles. The van der Waals surface area contributed by atoms with E-state index >= 15 is 0 Å². The summed E-state index contributed by atoms with van der Waals surface area (Å²) < 4.78 is 5.61. The smallest absolute Gasteiger partial charge is 0.131 e. The Morgan fingerprint density at radius 2 is 1.69 bits per heavy atom. The lowest BCUT2D eigenvalue weighted by atomic mass is 10.1. The number of hydrogen-bond donors (Lipinski definition) is 2. The standard InChI is InChI=1S/C13H14O3/c1-8(2)16-13-7-11(15)6-9-5-10(14)3-4-12(9)13/h3-8,14-15H,1-2H3. The molecule has 0 aliphatic heterocycles. The third kappa shape index (κ3) is 2.03. The zero-order valence-electron chi connectivity index (χ0n) is 9.27. The molecule has 0 aromatic heterocycles. The maximum atomic E-state index is 9.55. The highest BCUT2D eigenvalue weighted by Crippen LogP contribution is 2.33. The molecule has 0 fully saturated rings. The zero-order chi connectivity index (χ0) is 11.7. The van der Waals surface area contributed by atoms with E-state index in [1.165, 1.54) is 0 Å². The summed E-state index contributed by atoms with van der Waals surface area (Å²) in [5, 5.41) is 20.6. The summed E-state index contributed by atoms with van der Waals surface area (Å²) in [6.45, 7) is 3.85. The van der Waals surface area contributed by atoms with Crippen LogP contribution >= 0.6 is 0 Å². The van der Waals surface area contributed by atoms with Crippen molar-refractivity contribution in [1.29, 1.82) is 0 Å². The highest BCUT2D eigenvalue weighted by atomic mass is 16.5. The van der Waals surface area contributed by atoms with Crippen LogP contribution in [-0.4, -0.2) is 16.3 Å². The van der Waals surface area contributed by atoms with Crippen LogP contribution in [0.2, 0.25) is 0 Å². The van der Waals surface area contributed by atoms with Crippen molar-refractivity contribution in [1.82, 2.24) is 0 Å². The number of phenols is 2. The molecule has 16 heavy (non-hydrogen) atoms. The van der Waals surface area contributed by atoms with Crippen LogP contribution in [0.4, 0.5) is 0 Å². The van der Waals surface area contributed by atoms with Gasteiger partial charge in [-0.15, -0.1) is 0 Å². The Bertz CT molecular complexity index is 513. The van der Waals surface area contributed by atoms with Gasteiger partial charge in [-0.25, -0.2) is 0 Å². The van der Waals surface area contributed by atoms with Crippen LogP contribution in [-0.2, 0) is 0 Å².